The highest BCUT2D eigenvalue weighted by molar-refractivity contribution is 6.03. The summed E-state index contributed by atoms with van der Waals surface area (Å²) in [7, 11) is 2.16. The number of carboxylic acid groups (broad SMARTS) is 1. The van der Waals surface area contributed by atoms with Crippen LogP contribution in [0.5, 0.6) is 0 Å². The van der Waals surface area contributed by atoms with Gasteiger partial charge in [0, 0.05) is 73.9 Å². The molecule has 7 rings (SSSR count). The van der Waals surface area contributed by atoms with Crippen LogP contribution < -0.4 is 0 Å². The number of likely N-dealkylation sites (N-methyl/N-ethyl adjacent to an activating group) is 1. The molecule has 0 amide bonds. The summed E-state index contributed by atoms with van der Waals surface area (Å²) in [5.74, 6) is -0.614. The molecular formula is C32H37FN4O2. The molecule has 0 unspecified atom stereocenters. The Morgan fingerprint density at radius 2 is 1.77 bits per heavy atom. The van der Waals surface area contributed by atoms with Crippen molar-refractivity contribution < 1.29 is 14.3 Å². The number of fused-ring (bicyclic) bond motifs is 4. The molecule has 0 spiro atoms. The Bertz CT molecular complexity index is 1570. The lowest BCUT2D eigenvalue weighted by Crippen LogP contribution is -2.43. The summed E-state index contributed by atoms with van der Waals surface area (Å²) in [5, 5.41) is 11.7. The summed E-state index contributed by atoms with van der Waals surface area (Å²) in [4.78, 5) is 16.7. The lowest BCUT2D eigenvalue weighted by Gasteiger charge is -2.32. The summed E-state index contributed by atoms with van der Waals surface area (Å²) < 4.78 is 20.4. The summed E-state index contributed by atoms with van der Waals surface area (Å²) in [6.07, 6.45) is 9.11. The molecule has 1 saturated carbocycles. The molecule has 1 saturated heterocycles. The van der Waals surface area contributed by atoms with Crippen LogP contribution in [0.2, 0.25) is 0 Å². The average Bonchev–Trinajstić information content (AvgIpc) is 3.45. The van der Waals surface area contributed by atoms with Gasteiger partial charge in [0.15, 0.2) is 0 Å². The number of halogens is 1. The standard InChI is InChI=1S/C32H37FN4O2/c1-34-14-16-35(17-15-34)19-23-20-36-12-5-13-37-27-18-22(32(38)39)8-9-24(27)28(21-6-3-2-4-7-21)31(37)25-10-11-26(33)29(23)30(25)36/h8-11,18,20-21H,2-7,12-17,19H2,1H3,(H,38,39). The SMILES string of the molecule is CN1CCN(Cc2cn3c4c(ccc(F)c24)-c2c(C4CCCCC4)c4ccc(C(=O)O)cc4n2CCC3)CC1. The topological polar surface area (TPSA) is 53.6 Å². The highest BCUT2D eigenvalue weighted by atomic mass is 19.1. The molecule has 39 heavy (non-hydrogen) atoms. The molecule has 1 aliphatic carbocycles. The van der Waals surface area contributed by atoms with E-state index in [0.717, 1.165) is 98.0 Å². The van der Waals surface area contributed by atoms with Gasteiger partial charge in [0.2, 0.25) is 0 Å². The number of hydrogen-bond acceptors (Lipinski definition) is 3. The van der Waals surface area contributed by atoms with Crippen molar-refractivity contribution in [2.75, 3.05) is 33.2 Å². The Morgan fingerprint density at radius 1 is 0.974 bits per heavy atom. The van der Waals surface area contributed by atoms with Crippen LogP contribution in [0.15, 0.2) is 36.5 Å². The Balaban J connectivity index is 1.46. The number of aromatic nitrogens is 2. The second-order valence-electron chi connectivity index (χ2n) is 11.9. The largest absolute Gasteiger partial charge is 0.478 e. The molecule has 3 aliphatic rings. The predicted octanol–water partition coefficient (Wildman–Crippen LogP) is 6.30. The minimum absolute atomic E-state index is 0.146. The van der Waals surface area contributed by atoms with Crippen LogP contribution >= 0.6 is 0 Å². The minimum atomic E-state index is -0.899. The zero-order chi connectivity index (χ0) is 26.7. The molecule has 1 N–H and O–H groups in total. The number of piperazine rings is 1. The first kappa shape index (κ1) is 24.9. The molecule has 6 nitrogen and oxygen atoms in total. The molecular weight excluding hydrogens is 491 g/mol. The van der Waals surface area contributed by atoms with Gasteiger partial charge in [-0.15, -0.1) is 0 Å². The minimum Gasteiger partial charge on any atom is -0.478 e. The Hall–Kier alpha value is -3.16. The van der Waals surface area contributed by atoms with Crippen LogP contribution in [0.25, 0.3) is 33.1 Å². The number of nitrogens with zero attached hydrogens (tertiary/aromatic N) is 4. The molecule has 4 heterocycles. The fourth-order valence-corrected chi connectivity index (χ4v) is 7.46. The monoisotopic (exact) mass is 528 g/mol. The van der Waals surface area contributed by atoms with Crippen molar-refractivity contribution in [2.45, 2.75) is 64.1 Å². The lowest BCUT2D eigenvalue weighted by atomic mass is 9.81. The first-order valence-corrected chi connectivity index (χ1v) is 14.6. The van der Waals surface area contributed by atoms with Crippen LogP contribution in [0.3, 0.4) is 0 Å². The van der Waals surface area contributed by atoms with Crippen LogP contribution in [-0.2, 0) is 19.6 Å². The smallest absolute Gasteiger partial charge is 0.335 e. The van der Waals surface area contributed by atoms with E-state index in [1.165, 1.54) is 30.5 Å². The van der Waals surface area contributed by atoms with Crippen LogP contribution in [0, 0.1) is 5.82 Å². The Morgan fingerprint density at radius 3 is 2.54 bits per heavy atom. The maximum absolute atomic E-state index is 15.7. The van der Waals surface area contributed by atoms with E-state index in [-0.39, 0.29) is 5.82 Å². The van der Waals surface area contributed by atoms with Crippen molar-refractivity contribution in [2.24, 2.45) is 0 Å². The van der Waals surface area contributed by atoms with Crippen LogP contribution in [0.4, 0.5) is 4.39 Å². The predicted molar refractivity (Wildman–Crippen MR) is 153 cm³/mol. The maximum atomic E-state index is 15.7. The number of aromatic carboxylic acids is 1. The number of aryl methyl sites for hydroxylation is 2. The van der Waals surface area contributed by atoms with Gasteiger partial charge in [0.05, 0.1) is 16.8 Å². The van der Waals surface area contributed by atoms with Gasteiger partial charge in [0.25, 0.3) is 0 Å². The van der Waals surface area contributed by atoms with Crippen molar-refractivity contribution in [1.82, 2.24) is 18.9 Å². The number of hydrogen-bond donors (Lipinski definition) is 1. The highest BCUT2D eigenvalue weighted by Crippen LogP contribution is 2.47. The van der Waals surface area contributed by atoms with E-state index in [1.807, 2.05) is 18.2 Å². The zero-order valence-corrected chi connectivity index (χ0v) is 22.8. The second-order valence-corrected chi connectivity index (χ2v) is 11.9. The quantitative estimate of drug-likeness (QED) is 0.338. The lowest BCUT2D eigenvalue weighted by molar-refractivity contribution is 0.0697. The molecule has 0 bridgehead atoms. The molecule has 7 heteroatoms. The van der Waals surface area contributed by atoms with Crippen molar-refractivity contribution in [3.05, 3.63) is 59.0 Å². The molecule has 0 atom stereocenters. The van der Waals surface area contributed by atoms with Crippen molar-refractivity contribution >= 4 is 27.8 Å². The van der Waals surface area contributed by atoms with Gasteiger partial charge in [-0.25, -0.2) is 9.18 Å². The molecule has 4 aromatic rings. The van der Waals surface area contributed by atoms with Crippen molar-refractivity contribution in [3.63, 3.8) is 0 Å². The van der Waals surface area contributed by atoms with E-state index in [0.29, 0.717) is 11.5 Å². The first-order valence-electron chi connectivity index (χ1n) is 14.6. The van der Waals surface area contributed by atoms with Crippen molar-refractivity contribution in [3.8, 4) is 11.3 Å². The molecule has 2 aromatic heterocycles. The number of benzene rings is 2. The zero-order valence-electron chi connectivity index (χ0n) is 22.8. The maximum Gasteiger partial charge on any atom is 0.335 e. The van der Waals surface area contributed by atoms with Crippen LogP contribution in [0.1, 0.15) is 65.9 Å². The molecule has 2 fully saturated rings. The van der Waals surface area contributed by atoms with Gasteiger partial charge in [-0.05, 0) is 67.6 Å². The van der Waals surface area contributed by atoms with E-state index in [2.05, 4.69) is 32.2 Å². The van der Waals surface area contributed by atoms with E-state index in [9.17, 15) is 9.90 Å². The van der Waals surface area contributed by atoms with Gasteiger partial charge >= 0.3 is 5.97 Å². The molecule has 0 radical (unpaired) electrons. The molecule has 2 aromatic carbocycles. The number of carbonyl (C=O) groups is 1. The van der Waals surface area contributed by atoms with Gasteiger partial charge < -0.3 is 19.1 Å². The van der Waals surface area contributed by atoms with E-state index in [1.54, 1.807) is 12.1 Å². The highest BCUT2D eigenvalue weighted by Gasteiger charge is 2.30. The fraction of sp³-hybridized carbons (Fsp3) is 0.469. The number of rotatable bonds is 4. The fourth-order valence-electron chi connectivity index (χ4n) is 7.46. The third-order valence-electron chi connectivity index (χ3n) is 9.44. The Labute approximate surface area is 228 Å². The third-order valence-corrected chi connectivity index (χ3v) is 9.44. The van der Waals surface area contributed by atoms with Gasteiger partial charge in [-0.1, -0.05) is 25.3 Å². The van der Waals surface area contributed by atoms with E-state index < -0.39 is 5.97 Å². The first-order chi connectivity index (χ1) is 19.0. The van der Waals surface area contributed by atoms with Gasteiger partial charge in [0.1, 0.15) is 5.82 Å². The third kappa shape index (κ3) is 4.18. The molecule has 204 valence electrons. The van der Waals surface area contributed by atoms with Gasteiger partial charge in [-0.2, -0.15) is 0 Å². The summed E-state index contributed by atoms with van der Waals surface area (Å²) in [6, 6.07) is 9.27. The van der Waals surface area contributed by atoms with E-state index in [4.69, 9.17) is 0 Å². The van der Waals surface area contributed by atoms with E-state index >= 15 is 4.39 Å². The average molecular weight is 529 g/mol. The summed E-state index contributed by atoms with van der Waals surface area (Å²) in [5.41, 5.74) is 7.00. The summed E-state index contributed by atoms with van der Waals surface area (Å²) >= 11 is 0. The van der Waals surface area contributed by atoms with Gasteiger partial charge in [-0.3, -0.25) is 4.90 Å². The Kier molecular flexibility index (Phi) is 6.24. The number of carboxylic acids is 1. The second kappa shape index (κ2) is 9.79. The normalized spacial score (nSPS) is 19.3. The van der Waals surface area contributed by atoms with Crippen molar-refractivity contribution in [1.29, 1.82) is 0 Å². The molecule has 2 aliphatic heterocycles. The van der Waals surface area contributed by atoms with Crippen LogP contribution in [-0.4, -0.2) is 63.2 Å². The summed E-state index contributed by atoms with van der Waals surface area (Å²) in [6.45, 7) is 6.45.